The van der Waals surface area contributed by atoms with E-state index in [4.69, 9.17) is 10.2 Å². The van der Waals surface area contributed by atoms with E-state index in [1.54, 1.807) is 6.08 Å². The molecule has 0 amide bonds. The Morgan fingerprint density at radius 2 is 2.00 bits per heavy atom. The third-order valence-corrected chi connectivity index (χ3v) is 2.39. The molecule has 0 radical (unpaired) electrons. The number of aliphatic hydroxyl groups excluding tert-OH is 1. The maximum Gasteiger partial charge on any atom is 0.306 e. The van der Waals surface area contributed by atoms with E-state index in [9.17, 15) is 4.79 Å². The van der Waals surface area contributed by atoms with Crippen molar-refractivity contribution in [2.24, 2.45) is 0 Å². The smallest absolute Gasteiger partial charge is 0.306 e. The molecule has 3 nitrogen and oxygen atoms in total. The Hall–Kier alpha value is -0.613. The van der Waals surface area contributed by atoms with Gasteiger partial charge in [-0.25, -0.2) is 0 Å². The Balaban J connectivity index is 3.91. The second-order valence-electron chi connectivity index (χ2n) is 3.89. The lowest BCUT2D eigenvalue weighted by Gasteiger charge is -2.09. The van der Waals surface area contributed by atoms with Crippen LogP contribution in [0.3, 0.4) is 0 Å². The minimum atomic E-state index is -1.30. The van der Waals surface area contributed by atoms with Crippen molar-refractivity contribution in [1.29, 1.82) is 0 Å². The summed E-state index contributed by atoms with van der Waals surface area (Å²) in [5.41, 5.74) is 1.95. The summed E-state index contributed by atoms with van der Waals surface area (Å²) < 4.78 is 0. The van der Waals surface area contributed by atoms with Gasteiger partial charge in [0.25, 0.3) is 0 Å². The van der Waals surface area contributed by atoms with Gasteiger partial charge < -0.3 is 10.2 Å². The van der Waals surface area contributed by atoms with Gasteiger partial charge >= 0.3 is 5.97 Å². The number of carboxylic acids is 1. The van der Waals surface area contributed by atoms with Gasteiger partial charge in [-0.3, -0.25) is 4.79 Å². The highest BCUT2D eigenvalue weighted by Gasteiger charge is 2.10. The van der Waals surface area contributed by atoms with Crippen molar-refractivity contribution < 1.29 is 15.0 Å². The largest absolute Gasteiger partial charge is 0.481 e. The molecule has 2 N–H and O–H groups in total. The van der Waals surface area contributed by atoms with Gasteiger partial charge in [-0.1, -0.05) is 31.4 Å². The summed E-state index contributed by atoms with van der Waals surface area (Å²) in [5, 5.41) is 17.5. The predicted molar refractivity (Wildman–Crippen MR) is 50.7 cm³/mol. The summed E-state index contributed by atoms with van der Waals surface area (Å²) in [4.78, 5) is 10.2. The number of hydrogen-bond acceptors (Lipinski definition) is 2. The van der Waals surface area contributed by atoms with Gasteiger partial charge in [-0.05, 0) is 0 Å². The SMILES string of the molecule is C[Si](C)(C)/C=C/[C@H](O)CC(=O)O. The van der Waals surface area contributed by atoms with Gasteiger partial charge in [0.2, 0.25) is 0 Å². The molecule has 0 unspecified atom stereocenters. The summed E-state index contributed by atoms with van der Waals surface area (Å²) in [5.74, 6) is -0.970. The van der Waals surface area contributed by atoms with E-state index in [1.807, 2.05) is 5.70 Å². The van der Waals surface area contributed by atoms with E-state index in [0.29, 0.717) is 0 Å². The highest BCUT2D eigenvalue weighted by Crippen LogP contribution is 2.04. The van der Waals surface area contributed by atoms with E-state index in [1.165, 1.54) is 0 Å². The van der Waals surface area contributed by atoms with Crippen molar-refractivity contribution >= 4 is 14.0 Å². The average molecular weight is 188 g/mol. The highest BCUT2D eigenvalue weighted by molar-refractivity contribution is 6.80. The maximum absolute atomic E-state index is 10.2. The van der Waals surface area contributed by atoms with Gasteiger partial charge in [0.1, 0.15) is 0 Å². The Bertz CT molecular complexity index is 181. The van der Waals surface area contributed by atoms with E-state index >= 15 is 0 Å². The first-order valence-corrected chi connectivity index (χ1v) is 7.48. The first kappa shape index (κ1) is 11.4. The molecular weight excluding hydrogens is 172 g/mol. The van der Waals surface area contributed by atoms with Gasteiger partial charge in [0.15, 0.2) is 0 Å². The molecule has 0 saturated carbocycles. The third-order valence-electron chi connectivity index (χ3n) is 1.20. The van der Waals surface area contributed by atoms with Crippen LogP contribution in [0.5, 0.6) is 0 Å². The molecule has 0 aromatic rings. The minimum absolute atomic E-state index is 0.207. The van der Waals surface area contributed by atoms with Gasteiger partial charge in [0.05, 0.1) is 20.6 Å². The van der Waals surface area contributed by atoms with Crippen LogP contribution < -0.4 is 0 Å². The predicted octanol–water partition coefficient (Wildman–Crippen LogP) is 1.26. The van der Waals surface area contributed by atoms with E-state index in [0.717, 1.165) is 0 Å². The van der Waals surface area contributed by atoms with Gasteiger partial charge in [-0.2, -0.15) is 0 Å². The molecule has 0 aliphatic carbocycles. The Morgan fingerprint density at radius 3 is 2.33 bits per heavy atom. The maximum atomic E-state index is 10.2. The molecule has 1 atom stereocenters. The van der Waals surface area contributed by atoms with Gasteiger partial charge in [0, 0.05) is 0 Å². The van der Waals surface area contributed by atoms with Crippen molar-refractivity contribution in [1.82, 2.24) is 0 Å². The van der Waals surface area contributed by atoms with Crippen LogP contribution in [-0.2, 0) is 4.79 Å². The molecule has 0 bridgehead atoms. The molecule has 0 heterocycles. The second kappa shape index (κ2) is 4.42. The lowest BCUT2D eigenvalue weighted by Crippen LogP contribution is -2.18. The molecular formula is C8H16O3Si. The second-order valence-corrected chi connectivity index (χ2v) is 8.96. The molecule has 0 fully saturated rings. The summed E-state index contributed by atoms with van der Waals surface area (Å²) in [6.07, 6.45) is 0.538. The van der Waals surface area contributed by atoms with Crippen molar-refractivity contribution in [3.63, 3.8) is 0 Å². The standard InChI is InChI=1S/C8H16O3Si/c1-12(2,3)5-4-7(9)6-8(10)11/h4-5,7,9H,6H2,1-3H3,(H,10,11)/b5-4+/t7-/m0/s1. The van der Waals surface area contributed by atoms with Crippen molar-refractivity contribution in [2.75, 3.05) is 0 Å². The lowest BCUT2D eigenvalue weighted by atomic mass is 10.2. The molecule has 0 aliphatic heterocycles. The number of aliphatic hydroxyl groups is 1. The lowest BCUT2D eigenvalue weighted by molar-refractivity contribution is -0.138. The topological polar surface area (TPSA) is 57.5 Å². The van der Waals surface area contributed by atoms with Crippen LogP contribution in [-0.4, -0.2) is 30.4 Å². The molecule has 4 heteroatoms. The van der Waals surface area contributed by atoms with Crippen LogP contribution in [0.2, 0.25) is 19.6 Å². The normalized spacial score (nSPS) is 15.0. The number of carbonyl (C=O) groups is 1. The van der Waals surface area contributed by atoms with Crippen molar-refractivity contribution in [3.8, 4) is 0 Å². The fourth-order valence-corrected chi connectivity index (χ4v) is 1.45. The van der Waals surface area contributed by atoms with Crippen LogP contribution in [0.1, 0.15) is 6.42 Å². The third kappa shape index (κ3) is 7.49. The number of aliphatic carboxylic acids is 1. The molecule has 0 saturated heterocycles. The van der Waals surface area contributed by atoms with E-state index < -0.39 is 20.1 Å². The van der Waals surface area contributed by atoms with Crippen LogP contribution in [0.25, 0.3) is 0 Å². The van der Waals surface area contributed by atoms with Crippen LogP contribution in [0.4, 0.5) is 0 Å². The summed E-state index contributed by atoms with van der Waals surface area (Å²) in [7, 11) is -1.30. The quantitative estimate of drug-likeness (QED) is 0.653. The average Bonchev–Trinajstić information content (AvgIpc) is 1.80. The molecule has 0 aromatic carbocycles. The van der Waals surface area contributed by atoms with Crippen LogP contribution in [0, 0.1) is 0 Å². The molecule has 12 heavy (non-hydrogen) atoms. The molecule has 0 rings (SSSR count). The first-order chi connectivity index (χ1) is 5.31. The van der Waals surface area contributed by atoms with Crippen LogP contribution in [0.15, 0.2) is 11.8 Å². The van der Waals surface area contributed by atoms with E-state index in [2.05, 4.69) is 19.6 Å². The molecule has 70 valence electrons. The summed E-state index contributed by atoms with van der Waals surface area (Å²) in [6, 6.07) is 0. The number of rotatable bonds is 4. The van der Waals surface area contributed by atoms with Crippen LogP contribution >= 0.6 is 0 Å². The zero-order valence-corrected chi connectivity index (χ0v) is 8.74. The highest BCUT2D eigenvalue weighted by atomic mass is 28.3. The molecule has 0 aromatic heterocycles. The first-order valence-electron chi connectivity index (χ1n) is 3.90. The zero-order chi connectivity index (χ0) is 9.78. The Kier molecular flexibility index (Phi) is 4.20. The Morgan fingerprint density at radius 1 is 1.50 bits per heavy atom. The van der Waals surface area contributed by atoms with Crippen molar-refractivity contribution in [2.45, 2.75) is 32.2 Å². The Labute approximate surface area is 73.7 Å². The number of hydrogen-bond donors (Lipinski definition) is 2. The van der Waals surface area contributed by atoms with Gasteiger partial charge in [-0.15, -0.1) is 0 Å². The molecule has 0 aliphatic rings. The number of carboxylic acid groups (broad SMARTS) is 1. The van der Waals surface area contributed by atoms with Crippen molar-refractivity contribution in [3.05, 3.63) is 11.8 Å². The fourth-order valence-electron chi connectivity index (χ4n) is 0.647. The summed E-state index contributed by atoms with van der Waals surface area (Å²) >= 11 is 0. The zero-order valence-electron chi connectivity index (χ0n) is 7.74. The molecule has 0 spiro atoms. The van der Waals surface area contributed by atoms with E-state index in [-0.39, 0.29) is 6.42 Å². The summed E-state index contributed by atoms with van der Waals surface area (Å²) in [6.45, 7) is 6.37. The monoisotopic (exact) mass is 188 g/mol. The minimum Gasteiger partial charge on any atom is -0.481 e. The fraction of sp³-hybridized carbons (Fsp3) is 0.625.